The van der Waals surface area contributed by atoms with Gasteiger partial charge in [-0.25, -0.2) is 0 Å². The maximum absolute atomic E-state index is 11.3. The first-order valence-corrected chi connectivity index (χ1v) is 5.29. The van der Waals surface area contributed by atoms with Crippen LogP contribution in [0.1, 0.15) is 22.1 Å². The third-order valence-electron chi connectivity index (χ3n) is 2.35. The quantitative estimate of drug-likeness (QED) is 0.683. The molecule has 0 aliphatic rings. The van der Waals surface area contributed by atoms with Crippen molar-refractivity contribution in [3.63, 3.8) is 0 Å². The van der Waals surface area contributed by atoms with Gasteiger partial charge in [-0.3, -0.25) is 4.79 Å². The summed E-state index contributed by atoms with van der Waals surface area (Å²) in [5.41, 5.74) is 12.3. The van der Waals surface area contributed by atoms with E-state index in [1.165, 1.54) is 0 Å². The molecule has 1 heterocycles. The Kier molecular flexibility index (Phi) is 3.13. The molecule has 0 atom stereocenters. The first-order chi connectivity index (χ1) is 8.58. The van der Waals surface area contributed by atoms with Crippen molar-refractivity contribution >= 4 is 17.3 Å². The predicted molar refractivity (Wildman–Crippen MR) is 65.7 cm³/mol. The number of aryl methyl sites for hydroxylation is 1. The van der Waals surface area contributed by atoms with Gasteiger partial charge in [0.05, 0.1) is 23.5 Å². The normalized spacial score (nSPS) is 10.3. The Bertz CT molecular complexity index is 579. The summed E-state index contributed by atoms with van der Waals surface area (Å²) in [7, 11) is 0. The summed E-state index contributed by atoms with van der Waals surface area (Å²) in [6, 6.07) is 4.94. The second-order valence-corrected chi connectivity index (χ2v) is 3.72. The maximum Gasteiger partial charge on any atom is 0.250 e. The Morgan fingerprint density at radius 3 is 2.89 bits per heavy atom. The Morgan fingerprint density at radius 1 is 1.50 bits per heavy atom. The van der Waals surface area contributed by atoms with Gasteiger partial charge < -0.3 is 21.3 Å². The molecule has 0 unspecified atom stereocenters. The third kappa shape index (κ3) is 2.40. The lowest BCUT2D eigenvalue weighted by Gasteiger charge is -2.10. The van der Waals surface area contributed by atoms with Gasteiger partial charge in [0.25, 0.3) is 5.91 Å². The number of primary amides is 1. The van der Waals surface area contributed by atoms with Gasteiger partial charge in [0.1, 0.15) is 0 Å². The van der Waals surface area contributed by atoms with Crippen molar-refractivity contribution in [1.29, 1.82) is 0 Å². The second kappa shape index (κ2) is 4.74. The summed E-state index contributed by atoms with van der Waals surface area (Å²) in [6.07, 6.45) is 0. The monoisotopic (exact) mass is 247 g/mol. The summed E-state index contributed by atoms with van der Waals surface area (Å²) in [6.45, 7) is 1.99. The molecule has 0 saturated heterocycles. The molecule has 7 heteroatoms. The third-order valence-corrected chi connectivity index (χ3v) is 2.35. The van der Waals surface area contributed by atoms with E-state index in [2.05, 4.69) is 15.5 Å². The van der Waals surface area contributed by atoms with Crippen molar-refractivity contribution in [1.82, 2.24) is 10.1 Å². The standard InChI is InChI=1S/C11H13N5O2/c1-6-15-9(18-16-6)5-14-10-7(11(13)17)3-2-4-8(10)12/h2-4,14H,5,12H2,1H3,(H2,13,17). The summed E-state index contributed by atoms with van der Waals surface area (Å²) >= 11 is 0. The summed E-state index contributed by atoms with van der Waals surface area (Å²) < 4.78 is 4.95. The zero-order valence-electron chi connectivity index (χ0n) is 9.80. The molecule has 1 aromatic carbocycles. The molecule has 0 bridgehead atoms. The fourth-order valence-corrected chi connectivity index (χ4v) is 1.55. The minimum absolute atomic E-state index is 0.273. The van der Waals surface area contributed by atoms with Gasteiger partial charge >= 0.3 is 0 Å². The van der Waals surface area contributed by atoms with Gasteiger partial charge in [0.2, 0.25) is 5.89 Å². The van der Waals surface area contributed by atoms with Crippen LogP contribution in [0.25, 0.3) is 0 Å². The first kappa shape index (κ1) is 11.9. The van der Waals surface area contributed by atoms with E-state index in [9.17, 15) is 4.79 Å². The number of anilines is 2. The van der Waals surface area contributed by atoms with Gasteiger partial charge in [-0.1, -0.05) is 11.2 Å². The minimum atomic E-state index is -0.550. The molecule has 18 heavy (non-hydrogen) atoms. The topological polar surface area (TPSA) is 120 Å². The van der Waals surface area contributed by atoms with Crippen LogP contribution < -0.4 is 16.8 Å². The molecule has 1 amide bonds. The largest absolute Gasteiger partial charge is 0.397 e. The van der Waals surface area contributed by atoms with Crippen LogP contribution in [-0.4, -0.2) is 16.0 Å². The number of hydrogen-bond acceptors (Lipinski definition) is 6. The van der Waals surface area contributed by atoms with Gasteiger partial charge in [-0.05, 0) is 19.1 Å². The van der Waals surface area contributed by atoms with Crippen molar-refractivity contribution in [3.8, 4) is 0 Å². The highest BCUT2D eigenvalue weighted by molar-refractivity contribution is 6.01. The van der Waals surface area contributed by atoms with Crippen molar-refractivity contribution in [2.24, 2.45) is 5.73 Å². The molecule has 0 aliphatic heterocycles. The Labute approximate surface area is 103 Å². The number of nitrogen functional groups attached to an aromatic ring is 1. The molecule has 2 rings (SSSR count). The fraction of sp³-hybridized carbons (Fsp3) is 0.182. The van der Waals surface area contributed by atoms with Crippen LogP contribution >= 0.6 is 0 Å². The van der Waals surface area contributed by atoms with E-state index in [1.807, 2.05) is 0 Å². The summed E-state index contributed by atoms with van der Waals surface area (Å²) in [5.74, 6) is 0.403. The molecule has 0 saturated carbocycles. The average molecular weight is 247 g/mol. The Balaban J connectivity index is 2.20. The Hall–Kier alpha value is -2.57. The number of carbonyl (C=O) groups excluding carboxylic acids is 1. The molecule has 0 aliphatic carbocycles. The number of nitrogens with one attached hydrogen (secondary N) is 1. The lowest BCUT2D eigenvalue weighted by molar-refractivity contribution is 0.100. The number of hydrogen-bond donors (Lipinski definition) is 3. The summed E-state index contributed by atoms with van der Waals surface area (Å²) in [5, 5.41) is 6.63. The molecule has 0 spiro atoms. The van der Waals surface area contributed by atoms with E-state index in [-0.39, 0.29) is 6.54 Å². The number of nitrogens with zero attached hydrogens (tertiary/aromatic N) is 2. The predicted octanol–water partition coefficient (Wildman–Crippen LogP) is 0.671. The molecule has 0 radical (unpaired) electrons. The van der Waals surface area contributed by atoms with Gasteiger partial charge in [0.15, 0.2) is 5.82 Å². The SMILES string of the molecule is Cc1noc(CNc2c(N)cccc2C(N)=O)n1. The maximum atomic E-state index is 11.3. The van der Waals surface area contributed by atoms with Gasteiger partial charge in [0, 0.05) is 0 Å². The molecule has 5 N–H and O–H groups in total. The van der Waals surface area contributed by atoms with Crippen LogP contribution in [-0.2, 0) is 6.54 Å². The van der Waals surface area contributed by atoms with E-state index in [0.29, 0.717) is 28.7 Å². The van der Waals surface area contributed by atoms with Crippen LogP contribution in [0, 0.1) is 6.92 Å². The first-order valence-electron chi connectivity index (χ1n) is 5.29. The molecule has 1 aromatic heterocycles. The van der Waals surface area contributed by atoms with E-state index < -0.39 is 5.91 Å². The lowest BCUT2D eigenvalue weighted by atomic mass is 10.1. The lowest BCUT2D eigenvalue weighted by Crippen LogP contribution is -2.15. The number of nitrogens with two attached hydrogens (primary N) is 2. The zero-order chi connectivity index (χ0) is 13.1. The molecular weight excluding hydrogens is 234 g/mol. The number of amides is 1. The molecule has 2 aromatic rings. The molecule has 94 valence electrons. The van der Waals surface area contributed by atoms with Gasteiger partial charge in [-0.2, -0.15) is 4.98 Å². The van der Waals surface area contributed by atoms with Crippen molar-refractivity contribution < 1.29 is 9.32 Å². The number of aromatic nitrogens is 2. The summed E-state index contributed by atoms with van der Waals surface area (Å²) in [4.78, 5) is 15.3. The number of para-hydroxylation sites is 1. The van der Waals surface area contributed by atoms with E-state index >= 15 is 0 Å². The van der Waals surface area contributed by atoms with Crippen molar-refractivity contribution in [2.75, 3.05) is 11.1 Å². The van der Waals surface area contributed by atoms with E-state index in [4.69, 9.17) is 16.0 Å². The van der Waals surface area contributed by atoms with Crippen LogP contribution in [0.5, 0.6) is 0 Å². The molecule has 0 fully saturated rings. The van der Waals surface area contributed by atoms with Crippen LogP contribution in [0.2, 0.25) is 0 Å². The van der Waals surface area contributed by atoms with Crippen molar-refractivity contribution in [2.45, 2.75) is 13.5 Å². The molecular formula is C11H13N5O2. The number of carbonyl (C=O) groups is 1. The van der Waals surface area contributed by atoms with Crippen LogP contribution in [0.3, 0.4) is 0 Å². The second-order valence-electron chi connectivity index (χ2n) is 3.72. The highest BCUT2D eigenvalue weighted by Crippen LogP contribution is 2.23. The number of rotatable bonds is 4. The Morgan fingerprint density at radius 2 is 2.28 bits per heavy atom. The molecule has 7 nitrogen and oxygen atoms in total. The highest BCUT2D eigenvalue weighted by atomic mass is 16.5. The smallest absolute Gasteiger partial charge is 0.250 e. The fourth-order valence-electron chi connectivity index (χ4n) is 1.55. The highest BCUT2D eigenvalue weighted by Gasteiger charge is 2.11. The van der Waals surface area contributed by atoms with Crippen LogP contribution in [0.4, 0.5) is 11.4 Å². The zero-order valence-corrected chi connectivity index (χ0v) is 9.80. The van der Waals surface area contributed by atoms with Crippen molar-refractivity contribution in [3.05, 3.63) is 35.5 Å². The van der Waals surface area contributed by atoms with Gasteiger partial charge in [-0.15, -0.1) is 0 Å². The minimum Gasteiger partial charge on any atom is -0.397 e. The van der Waals surface area contributed by atoms with E-state index in [1.54, 1.807) is 25.1 Å². The van der Waals surface area contributed by atoms with Crippen LogP contribution in [0.15, 0.2) is 22.7 Å². The average Bonchev–Trinajstić information content (AvgIpc) is 2.73. The van der Waals surface area contributed by atoms with E-state index in [0.717, 1.165) is 0 Å². The number of benzene rings is 1.